The second-order valence-corrected chi connectivity index (χ2v) is 4.93. The molecule has 0 aliphatic carbocycles. The molecule has 0 bridgehead atoms. The molecule has 2 nitrogen and oxygen atoms in total. The van der Waals surface area contributed by atoms with Crippen molar-refractivity contribution in [1.29, 1.82) is 0 Å². The van der Waals surface area contributed by atoms with Gasteiger partial charge >= 0.3 is 5.97 Å². The zero-order valence-corrected chi connectivity index (χ0v) is 11.1. The van der Waals surface area contributed by atoms with Gasteiger partial charge in [-0.05, 0) is 36.4 Å². The second-order valence-electron chi connectivity index (χ2n) is 4.09. The van der Waals surface area contributed by atoms with E-state index in [1.54, 1.807) is 6.07 Å². The van der Waals surface area contributed by atoms with E-state index in [-0.39, 0.29) is 0 Å². The minimum absolute atomic E-state index is 0.360. The first-order valence-corrected chi connectivity index (χ1v) is 6.82. The fourth-order valence-electron chi connectivity index (χ4n) is 1.79. The van der Waals surface area contributed by atoms with E-state index in [0.29, 0.717) is 5.56 Å². The van der Waals surface area contributed by atoms with Gasteiger partial charge in [-0.3, -0.25) is 0 Å². The summed E-state index contributed by atoms with van der Waals surface area (Å²) < 4.78 is 0. The van der Waals surface area contributed by atoms with Gasteiger partial charge in [-0.25, -0.2) is 4.79 Å². The number of hydrogen-bond donors (Lipinski definition) is 1. The monoisotopic (exact) mass is 258 g/mol. The van der Waals surface area contributed by atoms with Crippen LogP contribution >= 0.6 is 11.8 Å². The summed E-state index contributed by atoms with van der Waals surface area (Å²) in [6.45, 7) is 2.05. The third-order valence-electron chi connectivity index (χ3n) is 2.82. The standard InChI is InChI=1S/C15H14O2S/c1-10-3-5-11(6-4-10)12-7-8-13(15(16)17)14(9-12)18-2/h3-9H,1-2H3,(H,16,17). The van der Waals surface area contributed by atoms with E-state index in [4.69, 9.17) is 5.11 Å². The van der Waals surface area contributed by atoms with Crippen LogP contribution in [0.15, 0.2) is 47.4 Å². The summed E-state index contributed by atoms with van der Waals surface area (Å²) in [5.74, 6) is -0.880. The van der Waals surface area contributed by atoms with Crippen LogP contribution < -0.4 is 0 Å². The van der Waals surface area contributed by atoms with Crippen molar-refractivity contribution in [2.45, 2.75) is 11.8 Å². The van der Waals surface area contributed by atoms with Gasteiger partial charge in [0.05, 0.1) is 5.56 Å². The number of carbonyl (C=O) groups is 1. The number of carboxylic acids is 1. The first-order valence-electron chi connectivity index (χ1n) is 5.60. The molecule has 0 saturated carbocycles. The van der Waals surface area contributed by atoms with Crippen LogP contribution in [0.2, 0.25) is 0 Å². The van der Waals surface area contributed by atoms with Crippen molar-refractivity contribution in [3.05, 3.63) is 53.6 Å². The Morgan fingerprint density at radius 2 is 1.67 bits per heavy atom. The maximum absolute atomic E-state index is 11.1. The van der Waals surface area contributed by atoms with Crippen molar-refractivity contribution in [2.75, 3.05) is 6.26 Å². The van der Waals surface area contributed by atoms with Gasteiger partial charge in [-0.2, -0.15) is 0 Å². The SMILES string of the molecule is CSc1cc(-c2ccc(C)cc2)ccc1C(=O)O. The molecule has 0 unspecified atom stereocenters. The molecule has 0 aliphatic rings. The lowest BCUT2D eigenvalue weighted by atomic mass is 10.0. The molecule has 0 amide bonds. The van der Waals surface area contributed by atoms with E-state index in [1.165, 1.54) is 17.3 Å². The third-order valence-corrected chi connectivity index (χ3v) is 3.59. The van der Waals surface area contributed by atoms with Crippen LogP contribution in [0.3, 0.4) is 0 Å². The van der Waals surface area contributed by atoms with Crippen LogP contribution in [-0.2, 0) is 0 Å². The molecule has 0 saturated heterocycles. The zero-order valence-electron chi connectivity index (χ0n) is 10.3. The van der Waals surface area contributed by atoms with Crippen molar-refractivity contribution in [2.24, 2.45) is 0 Å². The first-order chi connectivity index (χ1) is 8.61. The molecule has 3 heteroatoms. The summed E-state index contributed by atoms with van der Waals surface area (Å²) in [4.78, 5) is 11.9. The van der Waals surface area contributed by atoms with Crippen molar-refractivity contribution in [1.82, 2.24) is 0 Å². The minimum atomic E-state index is -0.880. The summed E-state index contributed by atoms with van der Waals surface area (Å²) in [6.07, 6.45) is 1.89. The molecular weight excluding hydrogens is 244 g/mol. The maximum atomic E-state index is 11.1. The molecule has 2 aromatic rings. The Kier molecular flexibility index (Phi) is 3.72. The van der Waals surface area contributed by atoms with E-state index in [2.05, 4.69) is 24.3 Å². The average molecular weight is 258 g/mol. The van der Waals surface area contributed by atoms with Crippen molar-refractivity contribution in [3.63, 3.8) is 0 Å². The summed E-state index contributed by atoms with van der Waals surface area (Å²) >= 11 is 1.45. The Labute approximate surface area is 111 Å². The lowest BCUT2D eigenvalue weighted by Crippen LogP contribution is -1.98. The zero-order chi connectivity index (χ0) is 13.1. The van der Waals surface area contributed by atoms with E-state index in [1.807, 2.05) is 25.3 Å². The molecule has 0 atom stereocenters. The molecule has 0 heterocycles. The molecule has 0 fully saturated rings. The van der Waals surface area contributed by atoms with E-state index in [0.717, 1.165) is 16.0 Å². The van der Waals surface area contributed by atoms with Crippen molar-refractivity contribution in [3.8, 4) is 11.1 Å². The highest BCUT2D eigenvalue weighted by atomic mass is 32.2. The molecule has 0 aromatic heterocycles. The van der Waals surface area contributed by atoms with Crippen molar-refractivity contribution < 1.29 is 9.90 Å². The molecule has 18 heavy (non-hydrogen) atoms. The fourth-order valence-corrected chi connectivity index (χ4v) is 2.41. The van der Waals surface area contributed by atoms with Gasteiger partial charge in [0.15, 0.2) is 0 Å². The number of hydrogen-bond acceptors (Lipinski definition) is 2. The lowest BCUT2D eigenvalue weighted by Gasteiger charge is -2.07. The summed E-state index contributed by atoms with van der Waals surface area (Å²) in [5.41, 5.74) is 3.72. The van der Waals surface area contributed by atoms with Gasteiger partial charge in [-0.1, -0.05) is 35.9 Å². The largest absolute Gasteiger partial charge is 0.478 e. The van der Waals surface area contributed by atoms with Crippen LogP contribution in [0.5, 0.6) is 0 Å². The molecule has 92 valence electrons. The normalized spacial score (nSPS) is 10.3. The molecule has 1 N–H and O–H groups in total. The van der Waals surface area contributed by atoms with Gasteiger partial charge in [-0.15, -0.1) is 11.8 Å². The highest BCUT2D eigenvalue weighted by molar-refractivity contribution is 7.98. The second kappa shape index (κ2) is 5.27. The lowest BCUT2D eigenvalue weighted by molar-refractivity contribution is 0.0693. The van der Waals surface area contributed by atoms with E-state index < -0.39 is 5.97 Å². The number of benzene rings is 2. The summed E-state index contributed by atoms with van der Waals surface area (Å²) in [5, 5.41) is 9.08. The van der Waals surface area contributed by atoms with E-state index >= 15 is 0 Å². The van der Waals surface area contributed by atoms with Crippen LogP contribution in [0.25, 0.3) is 11.1 Å². The fraction of sp³-hybridized carbons (Fsp3) is 0.133. The Morgan fingerprint density at radius 1 is 1.06 bits per heavy atom. The molecule has 2 aromatic carbocycles. The number of thioether (sulfide) groups is 1. The highest BCUT2D eigenvalue weighted by Gasteiger charge is 2.10. The smallest absolute Gasteiger partial charge is 0.336 e. The number of carboxylic acid groups (broad SMARTS) is 1. The number of rotatable bonds is 3. The van der Waals surface area contributed by atoms with Crippen LogP contribution in [0, 0.1) is 6.92 Å². The van der Waals surface area contributed by atoms with Gasteiger partial charge in [0, 0.05) is 4.90 Å². The molecule has 0 radical (unpaired) electrons. The quantitative estimate of drug-likeness (QED) is 0.843. The van der Waals surface area contributed by atoms with Gasteiger partial charge < -0.3 is 5.11 Å². The van der Waals surface area contributed by atoms with Crippen LogP contribution in [0.4, 0.5) is 0 Å². The minimum Gasteiger partial charge on any atom is -0.478 e. The third kappa shape index (κ3) is 2.57. The van der Waals surface area contributed by atoms with Gasteiger partial charge in [0.1, 0.15) is 0 Å². The number of aromatic carboxylic acids is 1. The maximum Gasteiger partial charge on any atom is 0.336 e. The Morgan fingerprint density at radius 3 is 2.22 bits per heavy atom. The number of aryl methyl sites for hydroxylation is 1. The molecule has 0 spiro atoms. The Hall–Kier alpha value is -1.74. The Balaban J connectivity index is 2.47. The summed E-state index contributed by atoms with van der Waals surface area (Å²) in [6, 6.07) is 13.7. The van der Waals surface area contributed by atoms with Gasteiger partial charge in [0.25, 0.3) is 0 Å². The molecule has 2 rings (SSSR count). The predicted molar refractivity (Wildman–Crippen MR) is 75.4 cm³/mol. The average Bonchev–Trinajstić information content (AvgIpc) is 2.38. The van der Waals surface area contributed by atoms with E-state index in [9.17, 15) is 4.79 Å². The van der Waals surface area contributed by atoms with Crippen LogP contribution in [0.1, 0.15) is 15.9 Å². The topological polar surface area (TPSA) is 37.3 Å². The van der Waals surface area contributed by atoms with Gasteiger partial charge in [0.2, 0.25) is 0 Å². The van der Waals surface area contributed by atoms with Crippen LogP contribution in [-0.4, -0.2) is 17.3 Å². The van der Waals surface area contributed by atoms with Crippen molar-refractivity contribution >= 4 is 17.7 Å². The molecular formula is C15H14O2S. The molecule has 0 aliphatic heterocycles. The summed E-state index contributed by atoms with van der Waals surface area (Å²) in [7, 11) is 0. The predicted octanol–water partition coefficient (Wildman–Crippen LogP) is 4.08. The highest BCUT2D eigenvalue weighted by Crippen LogP contribution is 2.28. The Bertz CT molecular complexity index is 574. The first kappa shape index (κ1) is 12.7.